The third-order valence-electron chi connectivity index (χ3n) is 3.08. The molecule has 6 heteroatoms. The quantitative estimate of drug-likeness (QED) is 0.860. The molecule has 1 aromatic heterocycles. The summed E-state index contributed by atoms with van der Waals surface area (Å²) in [5.74, 6) is -0.924. The Morgan fingerprint density at radius 2 is 2.22 bits per heavy atom. The minimum absolute atomic E-state index is 0.0324. The van der Waals surface area contributed by atoms with E-state index in [-0.39, 0.29) is 16.7 Å². The molecule has 2 N–H and O–H groups in total. The van der Waals surface area contributed by atoms with Gasteiger partial charge in [0.15, 0.2) is 5.13 Å². The fourth-order valence-corrected chi connectivity index (χ4v) is 2.71. The molecule has 1 aliphatic rings. The molecular formula is C12H16N2O3S. The molecular weight excluding hydrogens is 252 g/mol. The summed E-state index contributed by atoms with van der Waals surface area (Å²) in [6, 6.07) is 0. The van der Waals surface area contributed by atoms with E-state index in [9.17, 15) is 9.59 Å². The van der Waals surface area contributed by atoms with Crippen molar-refractivity contribution in [3.8, 4) is 0 Å². The number of hydrogen-bond donors (Lipinski definition) is 2. The fourth-order valence-electron chi connectivity index (χ4n) is 1.86. The van der Waals surface area contributed by atoms with Crippen LogP contribution in [0.2, 0.25) is 0 Å². The molecule has 1 saturated carbocycles. The molecule has 5 nitrogen and oxygen atoms in total. The normalized spacial score (nSPS) is 15.2. The Kier molecular flexibility index (Phi) is 3.96. The Hall–Kier alpha value is -1.43. The highest BCUT2D eigenvalue weighted by atomic mass is 32.1. The molecule has 0 aliphatic heterocycles. The summed E-state index contributed by atoms with van der Waals surface area (Å²) in [5.41, 5.74) is 0.568. The van der Waals surface area contributed by atoms with Crippen LogP contribution >= 0.6 is 11.3 Å². The van der Waals surface area contributed by atoms with E-state index >= 15 is 0 Å². The summed E-state index contributed by atoms with van der Waals surface area (Å²) in [6.45, 7) is 1.97. The molecule has 1 aromatic rings. The largest absolute Gasteiger partial charge is 0.477 e. The predicted octanol–water partition coefficient (Wildman–Crippen LogP) is 2.53. The van der Waals surface area contributed by atoms with Gasteiger partial charge in [0.2, 0.25) is 5.91 Å². The lowest BCUT2D eigenvalue weighted by Crippen LogP contribution is -2.27. The van der Waals surface area contributed by atoms with Crippen molar-refractivity contribution >= 4 is 28.3 Å². The van der Waals surface area contributed by atoms with Crippen LogP contribution in [0.5, 0.6) is 0 Å². The third kappa shape index (κ3) is 2.69. The zero-order valence-electron chi connectivity index (χ0n) is 10.2. The van der Waals surface area contributed by atoms with Crippen molar-refractivity contribution in [1.82, 2.24) is 4.98 Å². The summed E-state index contributed by atoms with van der Waals surface area (Å²) in [4.78, 5) is 27.3. The minimum Gasteiger partial charge on any atom is -0.477 e. The standard InChI is InChI=1S/C12H16N2O3S/c1-2-4-8-9(11(16)17)18-12(13-8)14-10(15)7-5-3-6-7/h7H,2-6H2,1H3,(H,16,17)(H,13,14,15). The maximum Gasteiger partial charge on any atom is 0.347 e. The molecule has 2 rings (SSSR count). The number of thiazole rings is 1. The topological polar surface area (TPSA) is 79.3 Å². The first-order valence-corrected chi connectivity index (χ1v) is 6.97. The van der Waals surface area contributed by atoms with Gasteiger partial charge in [0.1, 0.15) is 4.88 Å². The Morgan fingerprint density at radius 1 is 1.50 bits per heavy atom. The van der Waals surface area contributed by atoms with E-state index in [2.05, 4.69) is 10.3 Å². The summed E-state index contributed by atoms with van der Waals surface area (Å²) in [5, 5.41) is 12.2. The molecule has 1 amide bonds. The Morgan fingerprint density at radius 3 is 2.72 bits per heavy atom. The number of aromatic nitrogens is 1. The van der Waals surface area contributed by atoms with Crippen molar-refractivity contribution in [2.45, 2.75) is 39.0 Å². The summed E-state index contributed by atoms with van der Waals surface area (Å²) < 4.78 is 0. The second-order valence-electron chi connectivity index (χ2n) is 4.47. The van der Waals surface area contributed by atoms with Crippen LogP contribution in [0.4, 0.5) is 5.13 Å². The van der Waals surface area contributed by atoms with Crippen LogP contribution in [-0.4, -0.2) is 22.0 Å². The van der Waals surface area contributed by atoms with Gasteiger partial charge in [0.25, 0.3) is 0 Å². The number of aromatic carboxylic acids is 1. The van der Waals surface area contributed by atoms with Crippen molar-refractivity contribution in [2.75, 3.05) is 5.32 Å². The SMILES string of the molecule is CCCc1nc(NC(=O)C2CCC2)sc1C(=O)O. The number of nitrogens with zero attached hydrogens (tertiary/aromatic N) is 1. The minimum atomic E-state index is -0.972. The zero-order chi connectivity index (χ0) is 13.1. The van der Waals surface area contributed by atoms with Crippen molar-refractivity contribution in [3.05, 3.63) is 10.6 Å². The van der Waals surface area contributed by atoms with Crippen LogP contribution in [0.15, 0.2) is 0 Å². The predicted molar refractivity (Wildman–Crippen MR) is 69.0 cm³/mol. The zero-order valence-corrected chi connectivity index (χ0v) is 11.0. The highest BCUT2D eigenvalue weighted by Gasteiger charge is 2.26. The number of carbonyl (C=O) groups is 2. The van der Waals surface area contributed by atoms with Crippen molar-refractivity contribution in [3.63, 3.8) is 0 Å². The Labute approximate surface area is 109 Å². The molecule has 0 spiro atoms. The fraction of sp³-hybridized carbons (Fsp3) is 0.583. The smallest absolute Gasteiger partial charge is 0.347 e. The summed E-state index contributed by atoms with van der Waals surface area (Å²) in [6.07, 6.45) is 4.39. The van der Waals surface area contributed by atoms with E-state index in [1.807, 2.05) is 6.92 Å². The molecule has 0 atom stereocenters. The molecule has 18 heavy (non-hydrogen) atoms. The molecule has 0 saturated heterocycles. The maximum atomic E-state index is 11.8. The average Bonchev–Trinajstić information content (AvgIpc) is 2.58. The Balaban J connectivity index is 2.10. The first-order valence-electron chi connectivity index (χ1n) is 6.15. The first kappa shape index (κ1) is 13.0. The van der Waals surface area contributed by atoms with E-state index < -0.39 is 5.97 Å². The van der Waals surface area contributed by atoms with Gasteiger partial charge in [0, 0.05) is 5.92 Å². The van der Waals surface area contributed by atoms with Crippen LogP contribution in [0.1, 0.15) is 48.0 Å². The van der Waals surface area contributed by atoms with Crippen LogP contribution in [0.25, 0.3) is 0 Å². The number of aryl methyl sites for hydroxylation is 1. The lowest BCUT2D eigenvalue weighted by atomic mass is 9.85. The van der Waals surface area contributed by atoms with Gasteiger partial charge in [-0.1, -0.05) is 31.1 Å². The number of rotatable bonds is 5. The number of carbonyl (C=O) groups excluding carboxylic acids is 1. The van der Waals surface area contributed by atoms with Crippen LogP contribution in [-0.2, 0) is 11.2 Å². The van der Waals surface area contributed by atoms with E-state index in [4.69, 9.17) is 5.11 Å². The second kappa shape index (κ2) is 5.48. The Bertz CT molecular complexity index is 466. The summed E-state index contributed by atoms with van der Waals surface area (Å²) >= 11 is 1.05. The number of carboxylic acids is 1. The van der Waals surface area contributed by atoms with Crippen LogP contribution in [0.3, 0.4) is 0 Å². The van der Waals surface area contributed by atoms with Gasteiger partial charge in [-0.3, -0.25) is 4.79 Å². The van der Waals surface area contributed by atoms with Gasteiger partial charge in [0.05, 0.1) is 5.69 Å². The first-order chi connectivity index (χ1) is 8.61. The van der Waals surface area contributed by atoms with E-state index in [0.717, 1.165) is 37.0 Å². The summed E-state index contributed by atoms with van der Waals surface area (Å²) in [7, 11) is 0. The monoisotopic (exact) mass is 268 g/mol. The van der Waals surface area contributed by atoms with E-state index in [1.54, 1.807) is 0 Å². The van der Waals surface area contributed by atoms with E-state index in [1.165, 1.54) is 0 Å². The number of hydrogen-bond acceptors (Lipinski definition) is 4. The molecule has 1 aliphatic carbocycles. The van der Waals surface area contributed by atoms with Crippen LogP contribution in [0, 0.1) is 5.92 Å². The molecule has 0 aromatic carbocycles. The maximum absolute atomic E-state index is 11.8. The van der Waals surface area contributed by atoms with Gasteiger partial charge in [-0.25, -0.2) is 9.78 Å². The molecule has 1 fully saturated rings. The van der Waals surface area contributed by atoms with Gasteiger partial charge in [-0.15, -0.1) is 0 Å². The van der Waals surface area contributed by atoms with Gasteiger partial charge < -0.3 is 10.4 Å². The highest BCUT2D eigenvalue weighted by Crippen LogP contribution is 2.29. The molecule has 1 heterocycles. The second-order valence-corrected chi connectivity index (χ2v) is 5.47. The number of nitrogens with one attached hydrogen (secondary N) is 1. The third-order valence-corrected chi connectivity index (χ3v) is 4.09. The lowest BCUT2D eigenvalue weighted by Gasteiger charge is -2.23. The molecule has 0 radical (unpaired) electrons. The van der Waals surface area contributed by atoms with Gasteiger partial charge in [-0.2, -0.15) is 0 Å². The van der Waals surface area contributed by atoms with E-state index in [0.29, 0.717) is 17.2 Å². The van der Waals surface area contributed by atoms with Crippen molar-refractivity contribution in [2.24, 2.45) is 5.92 Å². The van der Waals surface area contributed by atoms with Crippen molar-refractivity contribution < 1.29 is 14.7 Å². The molecule has 0 bridgehead atoms. The number of amides is 1. The lowest BCUT2D eigenvalue weighted by molar-refractivity contribution is -0.122. The van der Waals surface area contributed by atoms with Gasteiger partial charge in [-0.05, 0) is 19.3 Å². The number of anilines is 1. The van der Waals surface area contributed by atoms with Crippen molar-refractivity contribution in [1.29, 1.82) is 0 Å². The van der Waals surface area contributed by atoms with Crippen LogP contribution < -0.4 is 5.32 Å². The van der Waals surface area contributed by atoms with Gasteiger partial charge >= 0.3 is 5.97 Å². The average molecular weight is 268 g/mol. The number of carboxylic acid groups (broad SMARTS) is 1. The molecule has 98 valence electrons. The molecule has 0 unspecified atom stereocenters. The highest BCUT2D eigenvalue weighted by molar-refractivity contribution is 7.17.